The minimum absolute atomic E-state index is 1.10. The second kappa shape index (κ2) is 5.82. The van der Waals surface area contributed by atoms with E-state index in [2.05, 4.69) is 0 Å². The van der Waals surface area contributed by atoms with E-state index in [9.17, 15) is 0 Å². The third-order valence-corrected chi connectivity index (χ3v) is 4.42. The van der Waals surface area contributed by atoms with Gasteiger partial charge >= 0.3 is 8.80 Å². The van der Waals surface area contributed by atoms with Crippen molar-refractivity contribution < 1.29 is 13.3 Å². The number of rotatable bonds is 5. The Bertz CT molecular complexity index is 299. The maximum Gasteiger partial charge on any atom is 0.528 e. The minimum atomic E-state index is -2.58. The van der Waals surface area contributed by atoms with Crippen LogP contribution >= 0.6 is 0 Å². The zero-order chi connectivity index (χ0) is 11.1. The lowest BCUT2D eigenvalue weighted by Gasteiger charge is -2.20. The first-order valence-corrected chi connectivity index (χ1v) is 6.46. The maximum absolute atomic E-state index is 5.27. The molecule has 3 nitrogen and oxygen atoms in total. The topological polar surface area (TPSA) is 27.7 Å². The van der Waals surface area contributed by atoms with Crippen molar-refractivity contribution in [2.24, 2.45) is 0 Å². The molecule has 1 aromatic carbocycles. The van der Waals surface area contributed by atoms with Crippen LogP contribution in [0.3, 0.4) is 0 Å². The zero-order valence-corrected chi connectivity index (χ0v) is 10.3. The molecule has 0 fully saturated rings. The predicted octanol–water partition coefficient (Wildman–Crippen LogP) is 2.12. The fraction of sp³-hybridized carbons (Fsp3) is 0.273. The van der Waals surface area contributed by atoms with E-state index in [0.29, 0.717) is 0 Å². The predicted molar refractivity (Wildman–Crippen MR) is 62.3 cm³/mol. The molecule has 0 unspecified atom stereocenters. The summed E-state index contributed by atoms with van der Waals surface area (Å²) in [5, 5.41) is 0. The van der Waals surface area contributed by atoms with E-state index in [1.807, 2.05) is 42.1 Å². The number of hydrogen-bond acceptors (Lipinski definition) is 3. The van der Waals surface area contributed by atoms with Crippen molar-refractivity contribution in [1.82, 2.24) is 0 Å². The minimum Gasteiger partial charge on any atom is -0.374 e. The smallest absolute Gasteiger partial charge is 0.374 e. The Kier molecular flexibility index (Phi) is 4.71. The molecule has 0 atom stereocenters. The molecule has 0 heterocycles. The van der Waals surface area contributed by atoms with Gasteiger partial charge in [0.2, 0.25) is 0 Å². The highest BCUT2D eigenvalue weighted by molar-refractivity contribution is 6.66. The summed E-state index contributed by atoms with van der Waals surface area (Å²) >= 11 is 0. The summed E-state index contributed by atoms with van der Waals surface area (Å²) < 4.78 is 15.8. The summed E-state index contributed by atoms with van der Waals surface area (Å²) in [5.74, 6) is 0. The Morgan fingerprint density at radius 3 is 1.93 bits per heavy atom. The fourth-order valence-corrected chi connectivity index (χ4v) is 2.52. The molecule has 15 heavy (non-hydrogen) atoms. The molecule has 82 valence electrons. The van der Waals surface area contributed by atoms with Crippen molar-refractivity contribution in [2.45, 2.75) is 0 Å². The van der Waals surface area contributed by atoms with Crippen molar-refractivity contribution in [3.8, 4) is 0 Å². The van der Waals surface area contributed by atoms with E-state index in [-0.39, 0.29) is 0 Å². The highest BCUT2D eigenvalue weighted by atomic mass is 28.4. The molecule has 0 aliphatic carbocycles. The van der Waals surface area contributed by atoms with Crippen LogP contribution < -0.4 is 0 Å². The van der Waals surface area contributed by atoms with Crippen molar-refractivity contribution in [2.75, 3.05) is 21.3 Å². The Morgan fingerprint density at radius 1 is 0.933 bits per heavy atom. The van der Waals surface area contributed by atoms with Crippen LogP contribution in [0.4, 0.5) is 0 Å². The van der Waals surface area contributed by atoms with Crippen LogP contribution in [0.1, 0.15) is 5.56 Å². The Morgan fingerprint density at radius 2 is 1.47 bits per heavy atom. The fourth-order valence-electron chi connectivity index (χ4n) is 1.22. The van der Waals surface area contributed by atoms with Gasteiger partial charge in [0.15, 0.2) is 0 Å². The SMILES string of the molecule is CO[Si](/C=C\c1ccccc1)(OC)OC. The monoisotopic (exact) mass is 224 g/mol. The summed E-state index contributed by atoms with van der Waals surface area (Å²) in [5.41, 5.74) is 2.96. The Hall–Kier alpha value is -0.943. The van der Waals surface area contributed by atoms with Crippen LogP contribution in [-0.2, 0) is 13.3 Å². The van der Waals surface area contributed by atoms with Crippen molar-refractivity contribution in [3.05, 3.63) is 41.6 Å². The molecule has 0 saturated heterocycles. The molecule has 0 amide bonds. The Labute approximate surface area is 91.7 Å². The van der Waals surface area contributed by atoms with Gasteiger partial charge in [-0.2, -0.15) is 0 Å². The molecule has 0 radical (unpaired) electrons. The van der Waals surface area contributed by atoms with E-state index >= 15 is 0 Å². The molecule has 0 bridgehead atoms. The van der Waals surface area contributed by atoms with Crippen LogP contribution in [0.15, 0.2) is 36.0 Å². The highest BCUT2D eigenvalue weighted by Crippen LogP contribution is 2.10. The average Bonchev–Trinajstić information content (AvgIpc) is 2.33. The van der Waals surface area contributed by atoms with Crippen LogP contribution in [0.5, 0.6) is 0 Å². The van der Waals surface area contributed by atoms with Crippen LogP contribution in [0.25, 0.3) is 6.08 Å². The van der Waals surface area contributed by atoms with Gasteiger partial charge in [-0.1, -0.05) is 36.4 Å². The second-order valence-electron chi connectivity index (χ2n) is 2.96. The summed E-state index contributed by atoms with van der Waals surface area (Å²) in [4.78, 5) is 0. The van der Waals surface area contributed by atoms with Gasteiger partial charge in [-0.25, -0.2) is 0 Å². The van der Waals surface area contributed by atoms with Gasteiger partial charge in [0.25, 0.3) is 0 Å². The summed E-state index contributed by atoms with van der Waals surface area (Å²) in [6, 6.07) is 9.96. The van der Waals surface area contributed by atoms with E-state index in [4.69, 9.17) is 13.3 Å². The summed E-state index contributed by atoms with van der Waals surface area (Å²) in [7, 11) is 2.19. The molecular weight excluding hydrogens is 208 g/mol. The number of hydrogen-bond donors (Lipinski definition) is 0. The van der Waals surface area contributed by atoms with Crippen molar-refractivity contribution in [1.29, 1.82) is 0 Å². The van der Waals surface area contributed by atoms with Crippen LogP contribution in [0.2, 0.25) is 0 Å². The van der Waals surface area contributed by atoms with E-state index < -0.39 is 8.80 Å². The molecule has 1 rings (SSSR count). The lowest BCUT2D eigenvalue weighted by atomic mass is 10.2. The molecular formula is C11H16O3Si. The lowest BCUT2D eigenvalue weighted by Crippen LogP contribution is -2.40. The molecule has 0 N–H and O–H groups in total. The van der Waals surface area contributed by atoms with Crippen LogP contribution in [-0.4, -0.2) is 30.1 Å². The lowest BCUT2D eigenvalue weighted by molar-refractivity contribution is 0.139. The molecule has 4 heteroatoms. The van der Waals surface area contributed by atoms with E-state index in [1.165, 1.54) is 0 Å². The number of benzene rings is 1. The quantitative estimate of drug-likeness (QED) is 0.717. The third kappa shape index (κ3) is 3.28. The van der Waals surface area contributed by atoms with Gasteiger partial charge in [0.1, 0.15) is 0 Å². The maximum atomic E-state index is 5.27. The Balaban J connectivity index is 2.79. The molecule has 0 aromatic heterocycles. The normalized spacial score (nSPS) is 12.2. The molecule has 1 aromatic rings. The molecule has 0 spiro atoms. The molecule has 0 saturated carbocycles. The van der Waals surface area contributed by atoms with Crippen molar-refractivity contribution >= 4 is 14.9 Å². The van der Waals surface area contributed by atoms with Gasteiger partial charge in [-0.05, 0) is 11.3 Å². The largest absolute Gasteiger partial charge is 0.528 e. The second-order valence-corrected chi connectivity index (χ2v) is 5.73. The summed E-state index contributed by atoms with van der Waals surface area (Å²) in [6.07, 6.45) is 1.95. The molecule has 0 aliphatic heterocycles. The van der Waals surface area contributed by atoms with Gasteiger partial charge in [-0.3, -0.25) is 0 Å². The first-order valence-electron chi connectivity index (χ1n) is 4.66. The zero-order valence-electron chi connectivity index (χ0n) is 9.27. The van der Waals surface area contributed by atoms with Crippen LogP contribution in [0, 0.1) is 0 Å². The van der Waals surface area contributed by atoms with Gasteiger partial charge in [0, 0.05) is 21.3 Å². The van der Waals surface area contributed by atoms with Crippen molar-refractivity contribution in [3.63, 3.8) is 0 Å². The van der Waals surface area contributed by atoms with E-state index in [0.717, 1.165) is 5.56 Å². The van der Waals surface area contributed by atoms with Gasteiger partial charge < -0.3 is 13.3 Å². The standard InChI is InChI=1S/C11H16O3Si/c1-12-15(13-2,14-3)10-9-11-7-5-4-6-8-11/h4-10H,1-3H3/b10-9-. The van der Waals surface area contributed by atoms with Gasteiger partial charge in [-0.15, -0.1) is 0 Å². The van der Waals surface area contributed by atoms with Gasteiger partial charge in [0.05, 0.1) is 0 Å². The average molecular weight is 224 g/mol. The highest BCUT2D eigenvalue weighted by Gasteiger charge is 2.34. The third-order valence-electron chi connectivity index (χ3n) is 2.13. The van der Waals surface area contributed by atoms with E-state index in [1.54, 1.807) is 21.3 Å². The first-order chi connectivity index (χ1) is 7.26. The summed E-state index contributed by atoms with van der Waals surface area (Å²) in [6.45, 7) is 0. The molecule has 0 aliphatic rings. The first kappa shape index (κ1) is 12.1.